The van der Waals surface area contributed by atoms with E-state index in [0.717, 1.165) is 23.4 Å². The highest BCUT2D eigenvalue weighted by Crippen LogP contribution is 2.24. The van der Waals surface area contributed by atoms with Crippen LogP contribution in [0.3, 0.4) is 0 Å². The lowest BCUT2D eigenvalue weighted by atomic mass is 9.98. The van der Waals surface area contributed by atoms with Crippen molar-refractivity contribution in [2.45, 2.75) is 47.6 Å². The summed E-state index contributed by atoms with van der Waals surface area (Å²) in [5, 5.41) is 4.77. The summed E-state index contributed by atoms with van der Waals surface area (Å²) < 4.78 is 0. The second kappa shape index (κ2) is 5.78. The first kappa shape index (κ1) is 13.7. The highest BCUT2D eigenvalue weighted by atomic mass is 32.1. The zero-order chi connectivity index (χ0) is 12.3. The van der Waals surface area contributed by atoms with Crippen molar-refractivity contribution in [1.29, 1.82) is 0 Å². The zero-order valence-corrected chi connectivity index (χ0v) is 12.1. The Labute approximate surface area is 103 Å². The van der Waals surface area contributed by atoms with Gasteiger partial charge in [0.15, 0.2) is 0 Å². The molecule has 0 saturated carbocycles. The fourth-order valence-corrected chi connectivity index (χ4v) is 2.59. The number of thiazole rings is 1. The maximum Gasteiger partial charge on any atom is 0.0900 e. The van der Waals surface area contributed by atoms with Crippen LogP contribution < -0.4 is 5.32 Å². The minimum Gasteiger partial charge on any atom is -0.309 e. The number of hydrogen-bond acceptors (Lipinski definition) is 3. The Bertz CT molecular complexity index is 331. The van der Waals surface area contributed by atoms with E-state index in [0.29, 0.717) is 6.04 Å². The van der Waals surface area contributed by atoms with Crippen molar-refractivity contribution in [3.05, 3.63) is 15.6 Å². The molecule has 3 heteroatoms. The van der Waals surface area contributed by atoms with Crippen LogP contribution in [0.1, 0.15) is 49.3 Å². The average Bonchev–Trinajstić information content (AvgIpc) is 2.53. The molecule has 0 radical (unpaired) electrons. The smallest absolute Gasteiger partial charge is 0.0900 e. The molecule has 1 N–H and O–H groups in total. The number of aromatic nitrogens is 1. The van der Waals surface area contributed by atoms with E-state index < -0.39 is 0 Å². The molecule has 0 saturated heterocycles. The Balaban J connectivity index is 2.53. The molecule has 0 fully saturated rings. The second-order valence-corrected chi connectivity index (χ2v) is 6.27. The Morgan fingerprint density at radius 2 is 1.81 bits per heavy atom. The number of rotatable bonds is 5. The van der Waals surface area contributed by atoms with Crippen molar-refractivity contribution in [3.8, 4) is 0 Å². The summed E-state index contributed by atoms with van der Waals surface area (Å²) in [6.45, 7) is 14.3. The van der Waals surface area contributed by atoms with Crippen molar-refractivity contribution in [2.75, 3.05) is 6.54 Å². The highest BCUT2D eigenvalue weighted by molar-refractivity contribution is 7.11. The molecule has 0 aliphatic rings. The fraction of sp³-hybridized carbons (Fsp3) is 0.769. The number of nitrogens with one attached hydrogen (secondary N) is 1. The molecule has 1 heterocycles. The summed E-state index contributed by atoms with van der Waals surface area (Å²) in [4.78, 5) is 5.86. The molecule has 1 rings (SSSR count). The van der Waals surface area contributed by atoms with Crippen molar-refractivity contribution in [3.63, 3.8) is 0 Å². The predicted octanol–water partition coefficient (Wildman–Crippen LogP) is 3.70. The average molecular weight is 240 g/mol. The summed E-state index contributed by atoms with van der Waals surface area (Å²) in [7, 11) is 0. The molecule has 2 unspecified atom stereocenters. The number of nitrogens with zero attached hydrogens (tertiary/aromatic N) is 1. The number of hydrogen-bond donors (Lipinski definition) is 1. The van der Waals surface area contributed by atoms with Gasteiger partial charge in [-0.3, -0.25) is 0 Å². The summed E-state index contributed by atoms with van der Waals surface area (Å²) in [6, 6.07) is 0.424. The normalized spacial score (nSPS) is 15.4. The van der Waals surface area contributed by atoms with E-state index in [1.165, 1.54) is 10.6 Å². The lowest BCUT2D eigenvalue weighted by molar-refractivity contribution is 0.376. The standard InChI is InChI=1S/C13H24N2S/c1-8(2)9(3)7-14-10(4)13-11(5)15-12(6)16-13/h8-10,14H,7H2,1-6H3. The minimum atomic E-state index is 0.424. The molecule has 2 nitrogen and oxygen atoms in total. The van der Waals surface area contributed by atoms with Gasteiger partial charge in [-0.05, 0) is 39.2 Å². The maximum atomic E-state index is 4.47. The van der Waals surface area contributed by atoms with E-state index in [4.69, 9.17) is 0 Å². The molecular weight excluding hydrogens is 216 g/mol. The Morgan fingerprint density at radius 1 is 1.19 bits per heavy atom. The van der Waals surface area contributed by atoms with Crippen molar-refractivity contribution >= 4 is 11.3 Å². The number of aryl methyl sites for hydroxylation is 2. The van der Waals surface area contributed by atoms with Crippen molar-refractivity contribution < 1.29 is 0 Å². The molecule has 0 bridgehead atoms. The van der Waals surface area contributed by atoms with Crippen LogP contribution in [-0.2, 0) is 0 Å². The summed E-state index contributed by atoms with van der Waals surface area (Å²) >= 11 is 1.81. The third-order valence-corrected chi connectivity index (χ3v) is 4.47. The minimum absolute atomic E-state index is 0.424. The zero-order valence-electron chi connectivity index (χ0n) is 11.3. The molecule has 0 aromatic carbocycles. The molecule has 1 aromatic rings. The van der Waals surface area contributed by atoms with Gasteiger partial charge < -0.3 is 5.32 Å². The van der Waals surface area contributed by atoms with Gasteiger partial charge in [-0.1, -0.05) is 20.8 Å². The molecule has 16 heavy (non-hydrogen) atoms. The Morgan fingerprint density at radius 3 is 2.25 bits per heavy atom. The molecule has 0 spiro atoms. The molecule has 92 valence electrons. The summed E-state index contributed by atoms with van der Waals surface area (Å²) in [6.07, 6.45) is 0. The predicted molar refractivity (Wildman–Crippen MR) is 72.0 cm³/mol. The van der Waals surface area contributed by atoms with Crippen LogP contribution in [0.2, 0.25) is 0 Å². The van der Waals surface area contributed by atoms with Crippen molar-refractivity contribution in [1.82, 2.24) is 10.3 Å². The van der Waals surface area contributed by atoms with Crippen LogP contribution >= 0.6 is 11.3 Å². The molecule has 0 aliphatic heterocycles. The first-order chi connectivity index (χ1) is 7.41. The first-order valence-electron chi connectivity index (χ1n) is 6.09. The summed E-state index contributed by atoms with van der Waals surface area (Å²) in [5.41, 5.74) is 1.18. The van der Waals surface area contributed by atoms with Gasteiger partial charge in [0.2, 0.25) is 0 Å². The molecule has 0 amide bonds. The van der Waals surface area contributed by atoms with Crippen LogP contribution in [-0.4, -0.2) is 11.5 Å². The van der Waals surface area contributed by atoms with Crippen LogP contribution in [0, 0.1) is 25.7 Å². The first-order valence-corrected chi connectivity index (χ1v) is 6.90. The van der Waals surface area contributed by atoms with Gasteiger partial charge in [-0.25, -0.2) is 4.98 Å². The largest absolute Gasteiger partial charge is 0.309 e. The van der Waals surface area contributed by atoms with Gasteiger partial charge >= 0.3 is 0 Å². The van der Waals surface area contributed by atoms with E-state index in [9.17, 15) is 0 Å². The fourth-order valence-electron chi connectivity index (χ4n) is 1.64. The van der Waals surface area contributed by atoms with Gasteiger partial charge in [-0.2, -0.15) is 0 Å². The highest BCUT2D eigenvalue weighted by Gasteiger charge is 2.14. The second-order valence-electron chi connectivity index (χ2n) is 5.03. The van der Waals surface area contributed by atoms with Gasteiger partial charge in [0.25, 0.3) is 0 Å². The van der Waals surface area contributed by atoms with Gasteiger partial charge in [0, 0.05) is 10.9 Å². The molecular formula is C13H24N2S. The van der Waals surface area contributed by atoms with Gasteiger partial charge in [0.1, 0.15) is 0 Å². The van der Waals surface area contributed by atoms with E-state index in [1.54, 1.807) is 0 Å². The molecule has 0 aliphatic carbocycles. The van der Waals surface area contributed by atoms with E-state index in [1.807, 2.05) is 11.3 Å². The van der Waals surface area contributed by atoms with Crippen LogP contribution in [0.5, 0.6) is 0 Å². The third kappa shape index (κ3) is 3.56. The van der Waals surface area contributed by atoms with E-state index in [2.05, 4.69) is 51.8 Å². The molecule has 1 aromatic heterocycles. The van der Waals surface area contributed by atoms with Gasteiger partial charge in [0.05, 0.1) is 10.7 Å². The maximum absolute atomic E-state index is 4.47. The van der Waals surface area contributed by atoms with E-state index >= 15 is 0 Å². The third-order valence-electron chi connectivity index (χ3n) is 3.22. The van der Waals surface area contributed by atoms with E-state index in [-0.39, 0.29) is 0 Å². The molecule has 2 atom stereocenters. The monoisotopic (exact) mass is 240 g/mol. The quantitative estimate of drug-likeness (QED) is 0.849. The lowest BCUT2D eigenvalue weighted by Crippen LogP contribution is -2.26. The summed E-state index contributed by atoms with van der Waals surface area (Å²) in [5.74, 6) is 1.46. The van der Waals surface area contributed by atoms with Crippen LogP contribution in [0.4, 0.5) is 0 Å². The van der Waals surface area contributed by atoms with Crippen molar-refractivity contribution in [2.24, 2.45) is 11.8 Å². The Kier molecular flexibility index (Phi) is 4.93. The van der Waals surface area contributed by atoms with Crippen LogP contribution in [0.15, 0.2) is 0 Å². The lowest BCUT2D eigenvalue weighted by Gasteiger charge is -2.19. The van der Waals surface area contributed by atoms with Crippen LogP contribution in [0.25, 0.3) is 0 Å². The Hall–Kier alpha value is -0.410. The topological polar surface area (TPSA) is 24.9 Å². The van der Waals surface area contributed by atoms with Gasteiger partial charge in [-0.15, -0.1) is 11.3 Å². The SMILES string of the molecule is Cc1nc(C)c(C(C)NCC(C)C(C)C)s1.